The molecule has 2 heteroatoms. The molecule has 0 bridgehead atoms. The normalized spacial score (nSPS) is 31.8. The first kappa shape index (κ1) is 9.27. The molecule has 0 heterocycles. The van der Waals surface area contributed by atoms with Crippen molar-refractivity contribution in [1.82, 2.24) is 0 Å². The second kappa shape index (κ2) is 4.94. The lowest BCUT2D eigenvalue weighted by molar-refractivity contribution is 0.127. The summed E-state index contributed by atoms with van der Waals surface area (Å²) in [5.74, 6) is 0. The van der Waals surface area contributed by atoms with Crippen LogP contribution in [0.25, 0.3) is 0 Å². The summed E-state index contributed by atoms with van der Waals surface area (Å²) in [5, 5.41) is 0. The highest BCUT2D eigenvalue weighted by molar-refractivity contribution is 9.11. The molecular formula is C9H15BrO. The van der Waals surface area contributed by atoms with Crippen LogP contribution >= 0.6 is 15.9 Å². The van der Waals surface area contributed by atoms with E-state index in [1.165, 1.54) is 30.2 Å². The van der Waals surface area contributed by atoms with Crippen molar-refractivity contribution in [1.29, 1.82) is 0 Å². The van der Waals surface area contributed by atoms with Crippen molar-refractivity contribution >= 4 is 15.9 Å². The number of hydrogen-bond acceptors (Lipinski definition) is 1. The second-order valence-electron chi connectivity index (χ2n) is 2.95. The summed E-state index contributed by atoms with van der Waals surface area (Å²) in [5.41, 5.74) is 0. The summed E-state index contributed by atoms with van der Waals surface area (Å²) < 4.78 is 6.56. The maximum absolute atomic E-state index is 5.32. The van der Waals surface area contributed by atoms with Gasteiger partial charge in [0.15, 0.2) is 0 Å². The number of ether oxygens (including phenoxy) is 1. The number of allylic oxidation sites excluding steroid dienone is 1. The highest BCUT2D eigenvalue weighted by atomic mass is 79.9. The quantitative estimate of drug-likeness (QED) is 0.657. The summed E-state index contributed by atoms with van der Waals surface area (Å²) in [4.78, 5) is 0. The zero-order valence-electron chi connectivity index (χ0n) is 6.98. The monoisotopic (exact) mass is 218 g/mol. The average molecular weight is 219 g/mol. The van der Waals surface area contributed by atoms with Gasteiger partial charge in [0.1, 0.15) is 0 Å². The van der Waals surface area contributed by atoms with Crippen LogP contribution in [0.3, 0.4) is 0 Å². The average Bonchev–Trinajstić information content (AvgIpc) is 1.98. The Morgan fingerprint density at radius 3 is 3.00 bits per heavy atom. The number of hydrogen-bond donors (Lipinski definition) is 0. The predicted molar refractivity (Wildman–Crippen MR) is 50.9 cm³/mol. The molecule has 0 aliphatic heterocycles. The van der Waals surface area contributed by atoms with Gasteiger partial charge in [-0.1, -0.05) is 34.8 Å². The molecule has 0 amide bonds. The molecule has 11 heavy (non-hydrogen) atoms. The van der Waals surface area contributed by atoms with E-state index in [4.69, 9.17) is 4.74 Å². The first-order chi connectivity index (χ1) is 5.34. The molecule has 64 valence electrons. The van der Waals surface area contributed by atoms with Crippen molar-refractivity contribution in [3.63, 3.8) is 0 Å². The Morgan fingerprint density at radius 1 is 1.45 bits per heavy atom. The molecule has 0 N–H and O–H groups in total. The van der Waals surface area contributed by atoms with E-state index in [0.717, 1.165) is 6.42 Å². The molecule has 1 rings (SSSR count). The Kier molecular flexibility index (Phi) is 4.16. The first-order valence-electron chi connectivity index (χ1n) is 4.23. The van der Waals surface area contributed by atoms with E-state index in [0.29, 0.717) is 6.10 Å². The van der Waals surface area contributed by atoms with E-state index < -0.39 is 0 Å². The van der Waals surface area contributed by atoms with Crippen LogP contribution in [0.15, 0.2) is 10.6 Å². The highest BCUT2D eigenvalue weighted by Crippen LogP contribution is 2.23. The van der Waals surface area contributed by atoms with E-state index in [1.807, 2.05) is 0 Å². The molecule has 0 radical (unpaired) electrons. The standard InChI is InChI=1S/C9H15BrO/c1-11-9-7-5-3-2-4-6-8(9)10/h6,9H,2-5,7H2,1H3/b8-6-. The van der Waals surface area contributed by atoms with Gasteiger partial charge >= 0.3 is 0 Å². The molecular weight excluding hydrogens is 204 g/mol. The molecule has 1 aliphatic carbocycles. The van der Waals surface area contributed by atoms with Crippen molar-refractivity contribution in [3.05, 3.63) is 10.6 Å². The third-order valence-corrected chi connectivity index (χ3v) is 2.94. The minimum absolute atomic E-state index is 0.315. The molecule has 1 nitrogen and oxygen atoms in total. The molecule has 1 unspecified atom stereocenters. The van der Waals surface area contributed by atoms with Crippen LogP contribution < -0.4 is 0 Å². The van der Waals surface area contributed by atoms with Gasteiger partial charge in [-0.25, -0.2) is 0 Å². The molecule has 1 aliphatic rings. The molecule has 1 atom stereocenters. The van der Waals surface area contributed by atoms with Crippen LogP contribution in [0.2, 0.25) is 0 Å². The van der Waals surface area contributed by atoms with E-state index >= 15 is 0 Å². The zero-order valence-corrected chi connectivity index (χ0v) is 8.56. The predicted octanol–water partition coefficient (Wildman–Crippen LogP) is 3.24. The van der Waals surface area contributed by atoms with Gasteiger partial charge in [0.2, 0.25) is 0 Å². The van der Waals surface area contributed by atoms with Crippen molar-refractivity contribution in [2.45, 2.75) is 38.2 Å². The topological polar surface area (TPSA) is 9.23 Å². The molecule has 0 aromatic carbocycles. The Bertz CT molecular complexity index is 142. The van der Waals surface area contributed by atoms with Crippen molar-refractivity contribution in [3.8, 4) is 0 Å². The zero-order chi connectivity index (χ0) is 8.10. The van der Waals surface area contributed by atoms with Gasteiger partial charge in [-0.05, 0) is 19.3 Å². The summed E-state index contributed by atoms with van der Waals surface area (Å²) in [6.45, 7) is 0. The van der Waals surface area contributed by atoms with Gasteiger partial charge in [0, 0.05) is 11.6 Å². The van der Waals surface area contributed by atoms with Gasteiger partial charge < -0.3 is 4.74 Å². The third kappa shape index (κ3) is 2.96. The Hall–Kier alpha value is 0.180. The molecule has 0 aromatic heterocycles. The Balaban J connectivity index is 2.51. The van der Waals surface area contributed by atoms with Crippen molar-refractivity contribution < 1.29 is 4.74 Å². The maximum atomic E-state index is 5.32. The summed E-state index contributed by atoms with van der Waals surface area (Å²) in [6.07, 6.45) is 8.88. The minimum atomic E-state index is 0.315. The van der Waals surface area contributed by atoms with Crippen LogP contribution in [-0.2, 0) is 4.74 Å². The fourth-order valence-corrected chi connectivity index (χ4v) is 2.04. The van der Waals surface area contributed by atoms with Crippen LogP contribution in [0.5, 0.6) is 0 Å². The van der Waals surface area contributed by atoms with Gasteiger partial charge in [0.05, 0.1) is 6.10 Å². The Labute approximate surface area is 76.9 Å². The van der Waals surface area contributed by atoms with Crippen LogP contribution in [0.4, 0.5) is 0 Å². The minimum Gasteiger partial charge on any atom is -0.376 e. The smallest absolute Gasteiger partial charge is 0.0882 e. The summed E-state index contributed by atoms with van der Waals surface area (Å²) in [7, 11) is 1.78. The molecule has 0 saturated heterocycles. The largest absolute Gasteiger partial charge is 0.376 e. The van der Waals surface area contributed by atoms with Gasteiger partial charge in [-0.15, -0.1) is 0 Å². The van der Waals surface area contributed by atoms with Crippen LogP contribution in [0, 0.1) is 0 Å². The summed E-state index contributed by atoms with van der Waals surface area (Å²) >= 11 is 3.54. The molecule has 0 aromatic rings. The first-order valence-corrected chi connectivity index (χ1v) is 5.02. The van der Waals surface area contributed by atoms with Crippen molar-refractivity contribution in [2.75, 3.05) is 7.11 Å². The molecule has 0 saturated carbocycles. The lowest BCUT2D eigenvalue weighted by atomic mass is 10.0. The molecule has 0 fully saturated rings. The van der Waals surface area contributed by atoms with Gasteiger partial charge in [-0.2, -0.15) is 0 Å². The summed E-state index contributed by atoms with van der Waals surface area (Å²) in [6, 6.07) is 0. The van der Waals surface area contributed by atoms with Gasteiger partial charge in [-0.3, -0.25) is 0 Å². The van der Waals surface area contributed by atoms with Crippen molar-refractivity contribution in [2.24, 2.45) is 0 Å². The SMILES string of the molecule is COC1CCCCC/C=C/1Br. The lowest BCUT2D eigenvalue weighted by Gasteiger charge is -2.16. The number of halogens is 1. The van der Waals surface area contributed by atoms with Crippen LogP contribution in [-0.4, -0.2) is 13.2 Å². The number of rotatable bonds is 1. The lowest BCUT2D eigenvalue weighted by Crippen LogP contribution is -2.11. The fourth-order valence-electron chi connectivity index (χ4n) is 1.39. The fraction of sp³-hybridized carbons (Fsp3) is 0.778. The van der Waals surface area contributed by atoms with E-state index in [-0.39, 0.29) is 0 Å². The number of methoxy groups -OCH3 is 1. The highest BCUT2D eigenvalue weighted by Gasteiger charge is 2.11. The second-order valence-corrected chi connectivity index (χ2v) is 3.87. The Morgan fingerprint density at radius 2 is 2.27 bits per heavy atom. The molecule has 0 spiro atoms. The van der Waals surface area contributed by atoms with E-state index in [2.05, 4.69) is 22.0 Å². The maximum Gasteiger partial charge on any atom is 0.0882 e. The van der Waals surface area contributed by atoms with E-state index in [1.54, 1.807) is 7.11 Å². The van der Waals surface area contributed by atoms with E-state index in [9.17, 15) is 0 Å². The van der Waals surface area contributed by atoms with Gasteiger partial charge in [0.25, 0.3) is 0 Å². The van der Waals surface area contributed by atoms with Crippen LogP contribution in [0.1, 0.15) is 32.1 Å². The third-order valence-electron chi connectivity index (χ3n) is 2.10.